The number of amides is 2. The van der Waals surface area contributed by atoms with Gasteiger partial charge in [-0.2, -0.15) is 0 Å². The molecule has 0 aromatic heterocycles. The van der Waals surface area contributed by atoms with Gasteiger partial charge in [-0.15, -0.1) is 0 Å². The molecular weight excluding hydrogens is 312 g/mol. The van der Waals surface area contributed by atoms with E-state index in [1.807, 2.05) is 13.8 Å². The largest absolute Gasteiger partial charge is 0.415 e. The van der Waals surface area contributed by atoms with Crippen LogP contribution in [0.5, 0.6) is 0 Å². The van der Waals surface area contributed by atoms with Crippen LogP contribution in [0.2, 0.25) is 0 Å². The molecule has 0 aliphatic heterocycles. The van der Waals surface area contributed by atoms with Crippen molar-refractivity contribution in [3.63, 3.8) is 0 Å². The number of rotatable bonds is 7. The molecule has 1 aromatic carbocycles. The first-order valence-corrected chi connectivity index (χ1v) is 7.64. The summed E-state index contributed by atoms with van der Waals surface area (Å²) < 4.78 is 4.69. The Morgan fingerprint density at radius 2 is 1.71 bits per heavy atom. The van der Waals surface area contributed by atoms with Gasteiger partial charge >= 0.3 is 12.1 Å². The number of hydrogen-bond donors (Lipinski definition) is 2. The molecule has 130 valence electrons. The van der Waals surface area contributed by atoms with Gasteiger partial charge in [-0.05, 0) is 31.4 Å². The van der Waals surface area contributed by atoms with Crippen molar-refractivity contribution in [2.75, 3.05) is 6.54 Å². The fraction of sp³-hybridized carbons (Fsp3) is 0.412. The first-order valence-electron chi connectivity index (χ1n) is 7.64. The first-order chi connectivity index (χ1) is 11.3. The zero-order chi connectivity index (χ0) is 18.1. The number of Topliss-reactive ketones (excluding diaryl/α,β-unsaturated/α-hetero) is 1. The average Bonchev–Trinajstić information content (AvgIpc) is 2.52. The molecule has 0 bridgehead atoms. The highest BCUT2D eigenvalue weighted by Crippen LogP contribution is 2.06. The summed E-state index contributed by atoms with van der Waals surface area (Å²) in [6.45, 7) is 4.99. The van der Waals surface area contributed by atoms with E-state index >= 15 is 0 Å². The highest BCUT2D eigenvalue weighted by molar-refractivity contribution is 5.97. The van der Waals surface area contributed by atoms with E-state index in [0.717, 1.165) is 0 Å². The zero-order valence-corrected chi connectivity index (χ0v) is 14.0. The fourth-order valence-corrected chi connectivity index (χ4v) is 1.93. The van der Waals surface area contributed by atoms with Crippen LogP contribution < -0.4 is 10.6 Å². The summed E-state index contributed by atoms with van der Waals surface area (Å²) in [7, 11) is 0. The zero-order valence-electron chi connectivity index (χ0n) is 14.0. The van der Waals surface area contributed by atoms with Crippen LogP contribution in [-0.4, -0.2) is 36.3 Å². The number of ketones is 1. The van der Waals surface area contributed by atoms with Crippen molar-refractivity contribution in [3.05, 3.63) is 35.9 Å². The van der Waals surface area contributed by atoms with Gasteiger partial charge in [0.2, 0.25) is 5.91 Å². The highest BCUT2D eigenvalue weighted by atomic mass is 16.6. The Morgan fingerprint density at radius 1 is 1.08 bits per heavy atom. The third kappa shape index (κ3) is 7.04. The summed E-state index contributed by atoms with van der Waals surface area (Å²) >= 11 is 0. The molecule has 0 saturated carbocycles. The Bertz CT molecular complexity index is 598. The molecule has 1 aromatic rings. The second-order valence-corrected chi connectivity index (χ2v) is 5.79. The fourth-order valence-electron chi connectivity index (χ4n) is 1.93. The third-order valence-electron chi connectivity index (χ3n) is 3.02. The highest BCUT2D eigenvalue weighted by Gasteiger charge is 2.24. The SMILES string of the molecule is CC(=O)CNC(=O)[C@H](CC(C)C)NC(=O)OC(=O)c1ccccc1. The Hall–Kier alpha value is -2.70. The summed E-state index contributed by atoms with van der Waals surface area (Å²) in [5.74, 6) is -1.39. The summed E-state index contributed by atoms with van der Waals surface area (Å²) in [6, 6.07) is 7.16. The van der Waals surface area contributed by atoms with Crippen LogP contribution >= 0.6 is 0 Å². The van der Waals surface area contributed by atoms with Crippen LogP contribution in [0, 0.1) is 5.92 Å². The lowest BCUT2D eigenvalue weighted by molar-refractivity contribution is -0.126. The van der Waals surface area contributed by atoms with E-state index in [1.165, 1.54) is 19.1 Å². The van der Waals surface area contributed by atoms with Crippen molar-refractivity contribution in [1.29, 1.82) is 0 Å². The molecule has 7 nitrogen and oxygen atoms in total. The van der Waals surface area contributed by atoms with Gasteiger partial charge in [-0.25, -0.2) is 9.59 Å². The van der Waals surface area contributed by atoms with Crippen molar-refractivity contribution in [1.82, 2.24) is 10.6 Å². The van der Waals surface area contributed by atoms with E-state index < -0.39 is 24.0 Å². The van der Waals surface area contributed by atoms with Crippen LogP contribution in [0.1, 0.15) is 37.6 Å². The predicted molar refractivity (Wildman–Crippen MR) is 87.3 cm³/mol. The number of alkyl carbamates (subject to hydrolysis) is 1. The van der Waals surface area contributed by atoms with Crippen LogP contribution in [0.4, 0.5) is 4.79 Å². The minimum atomic E-state index is -1.01. The number of benzene rings is 1. The van der Waals surface area contributed by atoms with Crippen molar-refractivity contribution >= 4 is 23.8 Å². The summed E-state index contributed by atoms with van der Waals surface area (Å²) in [5.41, 5.74) is 0.231. The quantitative estimate of drug-likeness (QED) is 0.583. The molecule has 0 aliphatic carbocycles. The average molecular weight is 334 g/mol. The molecule has 1 atom stereocenters. The van der Waals surface area contributed by atoms with E-state index in [-0.39, 0.29) is 23.8 Å². The van der Waals surface area contributed by atoms with Gasteiger partial charge in [0.15, 0.2) is 0 Å². The van der Waals surface area contributed by atoms with Crippen molar-refractivity contribution in [2.45, 2.75) is 33.2 Å². The van der Waals surface area contributed by atoms with Crippen LogP contribution in [-0.2, 0) is 14.3 Å². The lowest BCUT2D eigenvalue weighted by Gasteiger charge is -2.19. The van der Waals surface area contributed by atoms with Crippen molar-refractivity contribution in [2.24, 2.45) is 5.92 Å². The first kappa shape index (κ1) is 19.3. The molecule has 0 aliphatic rings. The number of esters is 1. The lowest BCUT2D eigenvalue weighted by Crippen LogP contribution is -2.48. The van der Waals surface area contributed by atoms with Gasteiger partial charge in [0.25, 0.3) is 0 Å². The van der Waals surface area contributed by atoms with Gasteiger partial charge < -0.3 is 15.4 Å². The minimum absolute atomic E-state index is 0.114. The van der Waals surface area contributed by atoms with Gasteiger partial charge in [0.05, 0.1) is 12.1 Å². The van der Waals surface area contributed by atoms with Gasteiger partial charge in [-0.3, -0.25) is 9.59 Å². The smallest absolute Gasteiger partial charge is 0.373 e. The number of nitrogens with one attached hydrogen (secondary N) is 2. The van der Waals surface area contributed by atoms with Crippen molar-refractivity contribution < 1.29 is 23.9 Å². The Labute approximate surface area is 140 Å². The van der Waals surface area contributed by atoms with Crippen molar-refractivity contribution in [3.8, 4) is 0 Å². The lowest BCUT2D eigenvalue weighted by atomic mass is 10.0. The monoisotopic (exact) mass is 334 g/mol. The molecule has 0 spiro atoms. The van der Waals surface area contributed by atoms with E-state index in [1.54, 1.807) is 18.2 Å². The third-order valence-corrected chi connectivity index (χ3v) is 3.02. The number of carbonyl (C=O) groups excluding carboxylic acids is 4. The molecule has 0 saturated heterocycles. The van der Waals surface area contributed by atoms with E-state index in [0.29, 0.717) is 6.42 Å². The molecule has 0 radical (unpaired) electrons. The number of carbonyl (C=O) groups is 4. The Morgan fingerprint density at radius 3 is 2.25 bits per heavy atom. The molecular formula is C17H22N2O5. The molecule has 24 heavy (non-hydrogen) atoms. The minimum Gasteiger partial charge on any atom is -0.373 e. The second-order valence-electron chi connectivity index (χ2n) is 5.79. The molecule has 0 heterocycles. The maximum Gasteiger partial charge on any atom is 0.415 e. The summed E-state index contributed by atoms with van der Waals surface area (Å²) in [5, 5.41) is 4.80. The number of hydrogen-bond acceptors (Lipinski definition) is 5. The molecule has 0 unspecified atom stereocenters. The normalized spacial score (nSPS) is 11.5. The molecule has 1 rings (SSSR count). The van der Waals surface area contributed by atoms with E-state index in [4.69, 9.17) is 0 Å². The van der Waals surface area contributed by atoms with E-state index in [9.17, 15) is 19.2 Å². The second kappa shape index (κ2) is 9.44. The van der Waals surface area contributed by atoms with Crippen LogP contribution in [0.15, 0.2) is 30.3 Å². The molecule has 2 N–H and O–H groups in total. The topological polar surface area (TPSA) is 102 Å². The standard InChI is InChI=1S/C17H22N2O5/c1-11(2)9-14(15(21)18-10-12(3)20)19-17(23)24-16(22)13-7-5-4-6-8-13/h4-8,11,14H,9-10H2,1-3H3,(H,18,21)(H,19,23)/t14-/m0/s1. The van der Waals surface area contributed by atoms with Gasteiger partial charge in [0, 0.05) is 0 Å². The summed E-state index contributed by atoms with van der Waals surface area (Å²) in [4.78, 5) is 46.7. The van der Waals surface area contributed by atoms with E-state index in [2.05, 4.69) is 15.4 Å². The van der Waals surface area contributed by atoms with Gasteiger partial charge in [-0.1, -0.05) is 32.0 Å². The maximum atomic E-state index is 12.1. The molecule has 0 fully saturated rings. The van der Waals surface area contributed by atoms with Crippen LogP contribution in [0.3, 0.4) is 0 Å². The number of ether oxygens (including phenoxy) is 1. The molecule has 7 heteroatoms. The summed E-state index contributed by atoms with van der Waals surface area (Å²) in [6.07, 6.45) is -0.661. The van der Waals surface area contributed by atoms with Gasteiger partial charge in [0.1, 0.15) is 11.8 Å². The molecule has 2 amide bonds. The Balaban J connectivity index is 2.64. The predicted octanol–water partition coefficient (Wildman–Crippen LogP) is 1.67. The Kier molecular flexibility index (Phi) is 7.61. The van der Waals surface area contributed by atoms with Crippen LogP contribution in [0.25, 0.3) is 0 Å². The maximum absolute atomic E-state index is 12.1.